The van der Waals surface area contributed by atoms with E-state index in [0.717, 1.165) is 48.3 Å². The van der Waals surface area contributed by atoms with E-state index in [-0.39, 0.29) is 22.4 Å². The lowest BCUT2D eigenvalue weighted by molar-refractivity contribution is 0.0492. The highest BCUT2D eigenvalue weighted by Gasteiger charge is 2.42. The Kier molecular flexibility index (Phi) is 13.6. The summed E-state index contributed by atoms with van der Waals surface area (Å²) >= 11 is 3.61. The van der Waals surface area contributed by atoms with Gasteiger partial charge in [-0.3, -0.25) is 0 Å². The van der Waals surface area contributed by atoms with Crippen molar-refractivity contribution in [2.45, 2.75) is 111 Å². The Morgan fingerprint density at radius 3 is 1.43 bits per heavy atom. The van der Waals surface area contributed by atoms with Crippen LogP contribution in [0.15, 0.2) is 70.5 Å². The molecule has 0 saturated carbocycles. The van der Waals surface area contributed by atoms with Gasteiger partial charge in [-0.15, -0.1) is 23.5 Å². The van der Waals surface area contributed by atoms with Crippen LogP contribution in [0.4, 0.5) is 0 Å². The molecular formula is C36H46O4S2. The van der Waals surface area contributed by atoms with Crippen molar-refractivity contribution in [1.29, 1.82) is 0 Å². The highest BCUT2D eigenvalue weighted by molar-refractivity contribution is 8.05. The fourth-order valence-electron chi connectivity index (χ4n) is 5.24. The van der Waals surface area contributed by atoms with Crippen molar-refractivity contribution in [1.82, 2.24) is 0 Å². The summed E-state index contributed by atoms with van der Waals surface area (Å²) in [6, 6.07) is 11.9. The van der Waals surface area contributed by atoms with Gasteiger partial charge in [0.1, 0.15) is 0 Å². The van der Waals surface area contributed by atoms with E-state index in [0.29, 0.717) is 24.3 Å². The van der Waals surface area contributed by atoms with Gasteiger partial charge in [0.25, 0.3) is 0 Å². The van der Waals surface area contributed by atoms with Crippen LogP contribution in [0.2, 0.25) is 0 Å². The second-order valence-electron chi connectivity index (χ2n) is 11.1. The van der Waals surface area contributed by atoms with E-state index in [1.165, 1.54) is 49.7 Å². The number of allylic oxidation sites excluding steroid dienone is 4. The molecule has 0 aromatic heterocycles. The van der Waals surface area contributed by atoms with Crippen LogP contribution in [0.5, 0.6) is 0 Å². The zero-order valence-corrected chi connectivity index (χ0v) is 26.9. The maximum Gasteiger partial charge on any atom is 0.338 e. The summed E-state index contributed by atoms with van der Waals surface area (Å²) in [5.41, 5.74) is 3.74. The topological polar surface area (TPSA) is 52.6 Å². The van der Waals surface area contributed by atoms with Crippen LogP contribution in [0.25, 0.3) is 0 Å². The number of ether oxygens (including phenoxy) is 2. The standard InChI is InChI=1S/C36H46O4S2/c1-3-5-7-9-11-13-15-17-23-39-35(37)27-19-21-29-31(25-27)41-34-30-22-20-28(26-32(30)42-33(29)34)36(38)40-24-18-16-14-12-10-8-6-4-2/h11-14,19-22,25-26,33-34H,3-10,15-18,23-24H2,1-2H3/b13-11-,14-12-. The third-order valence-corrected chi connectivity index (χ3v) is 10.6. The molecule has 226 valence electrons. The molecule has 2 aromatic carbocycles. The van der Waals surface area contributed by atoms with Crippen LogP contribution in [0.3, 0.4) is 0 Å². The lowest BCUT2D eigenvalue weighted by Gasteiger charge is -2.09. The molecule has 6 heteroatoms. The monoisotopic (exact) mass is 606 g/mol. The molecule has 0 aliphatic carbocycles. The molecule has 4 nitrogen and oxygen atoms in total. The Morgan fingerprint density at radius 1 is 0.619 bits per heavy atom. The van der Waals surface area contributed by atoms with Crippen LogP contribution < -0.4 is 0 Å². The average molecular weight is 607 g/mol. The lowest BCUT2D eigenvalue weighted by Crippen LogP contribution is -2.06. The van der Waals surface area contributed by atoms with Crippen molar-refractivity contribution >= 4 is 35.5 Å². The molecule has 2 unspecified atom stereocenters. The zero-order chi connectivity index (χ0) is 29.6. The van der Waals surface area contributed by atoms with Crippen molar-refractivity contribution in [3.8, 4) is 0 Å². The SMILES string of the molecule is CCCCC/C=C\CCCOC(=O)c1ccc2c(c1)SC1c3ccc(C(=O)OCCC/C=C\CCCCC)cc3SC21. The second-order valence-corrected chi connectivity index (χ2v) is 13.4. The van der Waals surface area contributed by atoms with E-state index in [4.69, 9.17) is 9.47 Å². The Labute approximate surface area is 261 Å². The van der Waals surface area contributed by atoms with Crippen LogP contribution in [0, 0.1) is 0 Å². The fourth-order valence-corrected chi connectivity index (χ4v) is 8.53. The number of carbonyl (C=O) groups excluding carboxylic acids is 2. The minimum Gasteiger partial charge on any atom is -0.462 e. The number of hydrogen-bond donors (Lipinski definition) is 0. The zero-order valence-electron chi connectivity index (χ0n) is 25.3. The van der Waals surface area contributed by atoms with Gasteiger partial charge in [-0.05, 0) is 86.8 Å². The maximum atomic E-state index is 12.7. The summed E-state index contributed by atoms with van der Waals surface area (Å²) in [5.74, 6) is -0.497. The van der Waals surface area contributed by atoms with Crippen LogP contribution in [-0.4, -0.2) is 25.2 Å². The van der Waals surface area contributed by atoms with E-state index in [2.05, 4.69) is 50.3 Å². The summed E-state index contributed by atoms with van der Waals surface area (Å²) < 4.78 is 11.1. The van der Waals surface area contributed by atoms with Crippen molar-refractivity contribution in [2.24, 2.45) is 0 Å². The van der Waals surface area contributed by atoms with E-state index < -0.39 is 0 Å². The van der Waals surface area contributed by atoms with Gasteiger partial charge < -0.3 is 9.47 Å². The predicted octanol–water partition coefficient (Wildman–Crippen LogP) is 10.8. The number of thioether (sulfide) groups is 2. The molecule has 0 bridgehead atoms. The first-order valence-corrected chi connectivity index (χ1v) is 17.6. The van der Waals surface area contributed by atoms with Crippen molar-refractivity contribution in [2.75, 3.05) is 13.2 Å². The van der Waals surface area contributed by atoms with Gasteiger partial charge in [0, 0.05) is 9.79 Å². The van der Waals surface area contributed by atoms with E-state index in [1.807, 2.05) is 24.3 Å². The number of unbranched alkanes of at least 4 members (excludes halogenated alkanes) is 8. The second kappa shape index (κ2) is 17.6. The Hall–Kier alpha value is -2.44. The van der Waals surface area contributed by atoms with E-state index in [9.17, 15) is 9.59 Å². The Balaban J connectivity index is 1.21. The number of carbonyl (C=O) groups is 2. The Morgan fingerprint density at radius 2 is 1.02 bits per heavy atom. The van der Waals surface area contributed by atoms with Crippen molar-refractivity contribution < 1.29 is 19.1 Å². The Bertz CT molecular complexity index is 1140. The normalized spacial score (nSPS) is 17.0. The quantitative estimate of drug-likeness (QED) is 0.0956. The minimum atomic E-state index is -0.249. The first-order chi connectivity index (χ1) is 20.6. The molecule has 0 amide bonds. The van der Waals surface area contributed by atoms with Gasteiger partial charge in [0.15, 0.2) is 0 Å². The van der Waals surface area contributed by atoms with Crippen LogP contribution in [-0.2, 0) is 9.47 Å². The summed E-state index contributed by atoms with van der Waals surface area (Å²) in [7, 11) is 0. The average Bonchev–Trinajstić information content (AvgIpc) is 3.54. The molecule has 2 aromatic rings. The van der Waals surface area contributed by atoms with Crippen LogP contribution in [0.1, 0.15) is 133 Å². The molecule has 2 heterocycles. The smallest absolute Gasteiger partial charge is 0.338 e. The van der Waals surface area contributed by atoms with Gasteiger partial charge in [-0.2, -0.15) is 0 Å². The van der Waals surface area contributed by atoms with E-state index >= 15 is 0 Å². The molecule has 2 aliphatic heterocycles. The third kappa shape index (κ3) is 9.28. The molecule has 2 aliphatic rings. The van der Waals surface area contributed by atoms with Gasteiger partial charge in [0.2, 0.25) is 0 Å². The highest BCUT2D eigenvalue weighted by atomic mass is 32.2. The largest absolute Gasteiger partial charge is 0.462 e. The van der Waals surface area contributed by atoms with Crippen LogP contribution >= 0.6 is 23.5 Å². The molecule has 0 fully saturated rings. The molecule has 0 saturated heterocycles. The van der Waals surface area contributed by atoms with Crippen molar-refractivity contribution in [3.05, 3.63) is 83.0 Å². The predicted molar refractivity (Wildman–Crippen MR) is 176 cm³/mol. The molecule has 2 atom stereocenters. The van der Waals surface area contributed by atoms with Gasteiger partial charge >= 0.3 is 11.9 Å². The first-order valence-electron chi connectivity index (χ1n) is 15.9. The van der Waals surface area contributed by atoms with Crippen molar-refractivity contribution in [3.63, 3.8) is 0 Å². The molecular weight excluding hydrogens is 561 g/mol. The molecule has 0 N–H and O–H groups in total. The number of esters is 2. The summed E-state index contributed by atoms with van der Waals surface area (Å²) in [5, 5.41) is 0.564. The lowest BCUT2D eigenvalue weighted by atomic mass is 10.0. The van der Waals surface area contributed by atoms with Gasteiger partial charge in [0.05, 0.1) is 34.8 Å². The number of fused-ring (bicyclic) bond motifs is 5. The number of hydrogen-bond acceptors (Lipinski definition) is 6. The van der Waals surface area contributed by atoms with Gasteiger partial charge in [-0.1, -0.05) is 76.0 Å². The molecule has 4 rings (SSSR count). The highest BCUT2D eigenvalue weighted by Crippen LogP contribution is 2.66. The number of benzene rings is 2. The number of rotatable bonds is 18. The molecule has 0 spiro atoms. The summed E-state index contributed by atoms with van der Waals surface area (Å²) in [4.78, 5) is 27.6. The summed E-state index contributed by atoms with van der Waals surface area (Å²) in [6.45, 7) is 5.32. The molecule has 0 radical (unpaired) electrons. The summed E-state index contributed by atoms with van der Waals surface area (Å²) in [6.07, 6.45) is 22.3. The minimum absolute atomic E-state index is 0.249. The first kappa shape index (κ1) is 32.5. The molecule has 42 heavy (non-hydrogen) atoms. The van der Waals surface area contributed by atoms with E-state index in [1.54, 1.807) is 23.5 Å². The third-order valence-electron chi connectivity index (χ3n) is 7.67. The maximum absolute atomic E-state index is 12.7. The van der Waals surface area contributed by atoms with Gasteiger partial charge in [-0.25, -0.2) is 9.59 Å². The fraction of sp³-hybridized carbons (Fsp3) is 0.500.